The standard InChI is InChI=1S/C21H26ClNO3/c1-21(2,26)12-11-16-7-9-17(10-8-16)20(25)23(13-14-24)15-18-5-3-4-6-19(18)22/h3-10,24,26H,11-15H2,1-2H3. The summed E-state index contributed by atoms with van der Waals surface area (Å²) in [6.45, 7) is 4.04. The lowest BCUT2D eigenvalue weighted by atomic mass is 9.98. The molecule has 0 bridgehead atoms. The zero-order chi connectivity index (χ0) is 19.2. The van der Waals surface area contributed by atoms with Crippen molar-refractivity contribution in [1.82, 2.24) is 4.90 Å². The molecule has 0 heterocycles. The average Bonchev–Trinajstić information content (AvgIpc) is 2.60. The van der Waals surface area contributed by atoms with E-state index >= 15 is 0 Å². The molecule has 0 radical (unpaired) electrons. The summed E-state index contributed by atoms with van der Waals surface area (Å²) in [6, 6.07) is 14.8. The number of hydrogen-bond acceptors (Lipinski definition) is 3. The number of aryl methyl sites for hydroxylation is 1. The molecule has 0 aliphatic rings. The number of amides is 1. The van der Waals surface area contributed by atoms with Crippen LogP contribution in [0.5, 0.6) is 0 Å². The maximum absolute atomic E-state index is 12.8. The summed E-state index contributed by atoms with van der Waals surface area (Å²) in [5, 5.41) is 19.7. The number of rotatable bonds is 8. The first-order valence-corrected chi connectivity index (χ1v) is 9.13. The van der Waals surface area contributed by atoms with Crippen LogP contribution in [0.25, 0.3) is 0 Å². The van der Waals surface area contributed by atoms with Crippen molar-refractivity contribution in [3.63, 3.8) is 0 Å². The highest BCUT2D eigenvalue weighted by Crippen LogP contribution is 2.19. The fourth-order valence-corrected chi connectivity index (χ4v) is 2.85. The van der Waals surface area contributed by atoms with Crippen molar-refractivity contribution in [2.45, 2.75) is 38.8 Å². The van der Waals surface area contributed by atoms with Crippen molar-refractivity contribution in [1.29, 1.82) is 0 Å². The Morgan fingerprint density at radius 1 is 1.12 bits per heavy atom. The van der Waals surface area contributed by atoms with Gasteiger partial charge in [0.15, 0.2) is 0 Å². The van der Waals surface area contributed by atoms with Gasteiger partial charge in [0.2, 0.25) is 0 Å². The molecular formula is C21H26ClNO3. The lowest BCUT2D eigenvalue weighted by molar-refractivity contribution is 0.0701. The molecule has 0 aliphatic carbocycles. The molecule has 2 rings (SSSR count). The van der Waals surface area contributed by atoms with Crippen LogP contribution in [-0.2, 0) is 13.0 Å². The van der Waals surface area contributed by atoms with Crippen molar-refractivity contribution in [3.8, 4) is 0 Å². The van der Waals surface area contributed by atoms with E-state index in [-0.39, 0.29) is 19.1 Å². The minimum atomic E-state index is -0.707. The van der Waals surface area contributed by atoms with Crippen LogP contribution in [0.4, 0.5) is 0 Å². The van der Waals surface area contributed by atoms with E-state index in [0.29, 0.717) is 23.6 Å². The largest absolute Gasteiger partial charge is 0.395 e. The Labute approximate surface area is 160 Å². The van der Waals surface area contributed by atoms with Gasteiger partial charge < -0.3 is 15.1 Å². The third kappa shape index (κ3) is 6.13. The minimum absolute atomic E-state index is 0.111. The Morgan fingerprint density at radius 2 is 1.77 bits per heavy atom. The van der Waals surface area contributed by atoms with Gasteiger partial charge in [0.05, 0.1) is 12.2 Å². The number of benzene rings is 2. The van der Waals surface area contributed by atoms with E-state index in [1.165, 1.54) is 0 Å². The molecule has 0 unspecified atom stereocenters. The molecule has 140 valence electrons. The molecule has 0 atom stereocenters. The first kappa shape index (κ1) is 20.4. The molecule has 2 aromatic rings. The van der Waals surface area contributed by atoms with Crippen molar-refractivity contribution in [3.05, 3.63) is 70.2 Å². The summed E-state index contributed by atoms with van der Waals surface area (Å²) in [6.07, 6.45) is 1.40. The summed E-state index contributed by atoms with van der Waals surface area (Å²) < 4.78 is 0. The van der Waals surface area contributed by atoms with Gasteiger partial charge in [0.25, 0.3) is 5.91 Å². The summed E-state index contributed by atoms with van der Waals surface area (Å²) >= 11 is 6.19. The topological polar surface area (TPSA) is 60.8 Å². The Kier molecular flexibility index (Phi) is 7.21. The van der Waals surface area contributed by atoms with Crippen LogP contribution in [-0.4, -0.2) is 39.8 Å². The van der Waals surface area contributed by atoms with E-state index < -0.39 is 5.60 Å². The summed E-state index contributed by atoms with van der Waals surface area (Å²) in [5.74, 6) is -0.145. The van der Waals surface area contributed by atoms with Crippen LogP contribution >= 0.6 is 11.6 Å². The SMILES string of the molecule is CC(C)(O)CCc1ccc(C(=O)N(CCO)Cc2ccccc2Cl)cc1. The smallest absolute Gasteiger partial charge is 0.254 e. The highest BCUT2D eigenvalue weighted by molar-refractivity contribution is 6.31. The molecule has 0 fully saturated rings. The van der Waals surface area contributed by atoms with Gasteiger partial charge in [0, 0.05) is 23.7 Å². The van der Waals surface area contributed by atoms with Gasteiger partial charge in [-0.1, -0.05) is 41.9 Å². The van der Waals surface area contributed by atoms with Crippen LogP contribution in [0.15, 0.2) is 48.5 Å². The van der Waals surface area contributed by atoms with E-state index in [4.69, 9.17) is 11.6 Å². The molecule has 2 aromatic carbocycles. The number of nitrogens with zero attached hydrogens (tertiary/aromatic N) is 1. The molecule has 2 N–H and O–H groups in total. The molecule has 0 aromatic heterocycles. The number of carbonyl (C=O) groups is 1. The van der Waals surface area contributed by atoms with E-state index in [1.54, 1.807) is 36.9 Å². The fourth-order valence-electron chi connectivity index (χ4n) is 2.65. The van der Waals surface area contributed by atoms with Gasteiger partial charge in [-0.25, -0.2) is 0 Å². The predicted molar refractivity (Wildman–Crippen MR) is 104 cm³/mol. The monoisotopic (exact) mass is 375 g/mol. The first-order valence-electron chi connectivity index (χ1n) is 8.75. The first-order chi connectivity index (χ1) is 12.3. The van der Waals surface area contributed by atoms with Crippen molar-refractivity contribution in [2.75, 3.05) is 13.2 Å². The van der Waals surface area contributed by atoms with E-state index in [2.05, 4.69) is 0 Å². The van der Waals surface area contributed by atoms with E-state index in [1.807, 2.05) is 30.3 Å². The third-order valence-corrected chi connectivity index (χ3v) is 4.57. The van der Waals surface area contributed by atoms with Crippen molar-refractivity contribution >= 4 is 17.5 Å². The number of halogens is 1. The molecule has 0 saturated carbocycles. The van der Waals surface area contributed by atoms with Gasteiger partial charge in [0.1, 0.15) is 0 Å². The zero-order valence-corrected chi connectivity index (χ0v) is 16.0. The Morgan fingerprint density at radius 3 is 2.35 bits per heavy atom. The maximum atomic E-state index is 12.8. The Bertz CT molecular complexity index is 723. The molecule has 1 amide bonds. The highest BCUT2D eigenvalue weighted by Gasteiger charge is 2.17. The molecule has 26 heavy (non-hydrogen) atoms. The highest BCUT2D eigenvalue weighted by atomic mass is 35.5. The van der Waals surface area contributed by atoms with Crippen LogP contribution in [0.2, 0.25) is 5.02 Å². The molecule has 0 saturated heterocycles. The predicted octanol–water partition coefficient (Wildman–Crippen LogP) is 3.68. The van der Waals surface area contributed by atoms with Gasteiger partial charge in [-0.3, -0.25) is 4.79 Å². The molecule has 0 spiro atoms. The van der Waals surface area contributed by atoms with Crippen molar-refractivity contribution in [2.24, 2.45) is 0 Å². The summed E-state index contributed by atoms with van der Waals surface area (Å²) in [5.41, 5.74) is 1.78. The van der Waals surface area contributed by atoms with Crippen LogP contribution in [0.3, 0.4) is 0 Å². The lowest BCUT2D eigenvalue weighted by Crippen LogP contribution is -2.33. The van der Waals surface area contributed by atoms with Gasteiger partial charge in [-0.05, 0) is 56.0 Å². The van der Waals surface area contributed by atoms with Crippen LogP contribution < -0.4 is 0 Å². The van der Waals surface area contributed by atoms with Gasteiger partial charge in [-0.2, -0.15) is 0 Å². The second kappa shape index (κ2) is 9.17. The normalized spacial score (nSPS) is 11.4. The number of carbonyl (C=O) groups excluding carboxylic acids is 1. The maximum Gasteiger partial charge on any atom is 0.254 e. The van der Waals surface area contributed by atoms with Crippen LogP contribution in [0.1, 0.15) is 41.8 Å². The lowest BCUT2D eigenvalue weighted by Gasteiger charge is -2.23. The average molecular weight is 376 g/mol. The molecule has 0 aliphatic heterocycles. The molecule has 5 heteroatoms. The second-order valence-electron chi connectivity index (χ2n) is 7.05. The Hall–Kier alpha value is -1.88. The molecule has 4 nitrogen and oxygen atoms in total. The summed E-state index contributed by atoms with van der Waals surface area (Å²) in [4.78, 5) is 14.4. The van der Waals surface area contributed by atoms with E-state index in [0.717, 1.165) is 17.5 Å². The second-order valence-corrected chi connectivity index (χ2v) is 7.46. The van der Waals surface area contributed by atoms with Gasteiger partial charge in [-0.15, -0.1) is 0 Å². The van der Waals surface area contributed by atoms with Gasteiger partial charge >= 0.3 is 0 Å². The molecular weight excluding hydrogens is 350 g/mol. The third-order valence-electron chi connectivity index (χ3n) is 4.20. The van der Waals surface area contributed by atoms with E-state index in [9.17, 15) is 15.0 Å². The van der Waals surface area contributed by atoms with Crippen LogP contribution in [0, 0.1) is 0 Å². The minimum Gasteiger partial charge on any atom is -0.395 e. The number of aliphatic hydroxyl groups excluding tert-OH is 1. The summed E-state index contributed by atoms with van der Waals surface area (Å²) in [7, 11) is 0. The quantitative estimate of drug-likeness (QED) is 0.739. The Balaban J connectivity index is 2.09. The number of hydrogen-bond donors (Lipinski definition) is 2. The zero-order valence-electron chi connectivity index (χ0n) is 15.3. The number of aliphatic hydroxyl groups is 2. The van der Waals surface area contributed by atoms with Crippen molar-refractivity contribution < 1.29 is 15.0 Å². The fraction of sp³-hybridized carbons (Fsp3) is 0.381.